The minimum atomic E-state index is -0.563. The minimum absolute atomic E-state index is 0.132. The summed E-state index contributed by atoms with van der Waals surface area (Å²) in [7, 11) is 0. The van der Waals surface area contributed by atoms with Crippen molar-refractivity contribution in [2.45, 2.75) is 45.3 Å². The summed E-state index contributed by atoms with van der Waals surface area (Å²) in [6.07, 6.45) is 0.417. The van der Waals surface area contributed by atoms with Crippen molar-refractivity contribution in [1.29, 1.82) is 5.26 Å². The number of carbonyl (C=O) groups is 2. The Morgan fingerprint density at radius 2 is 2.11 bits per heavy atom. The van der Waals surface area contributed by atoms with E-state index in [1.165, 1.54) is 4.90 Å². The molecule has 5 heteroatoms. The maximum atomic E-state index is 12.0. The molecule has 18 heavy (non-hydrogen) atoms. The lowest BCUT2D eigenvalue weighted by Crippen LogP contribution is -2.45. The third kappa shape index (κ3) is 2.47. The quantitative estimate of drug-likeness (QED) is 0.748. The number of nitrogens with zero attached hydrogens (tertiary/aromatic N) is 2. The molecule has 1 amide bonds. The van der Waals surface area contributed by atoms with Crippen molar-refractivity contribution in [2.75, 3.05) is 6.54 Å². The van der Waals surface area contributed by atoms with Crippen LogP contribution in [0.2, 0.25) is 0 Å². The summed E-state index contributed by atoms with van der Waals surface area (Å²) >= 11 is 0. The number of hydrogen-bond acceptors (Lipinski definition) is 4. The van der Waals surface area contributed by atoms with Crippen LogP contribution in [0.5, 0.6) is 0 Å². The average molecular weight is 250 g/mol. The molecule has 1 saturated heterocycles. The van der Waals surface area contributed by atoms with Crippen LogP contribution in [0, 0.1) is 23.2 Å². The standard InChI is InChI=1S/C13H18N2O3/c1-13(2,3)18-12(17)15-7-8-6-9(8)11(15)10(16)4-5-14/h8-9,11H,4,6-7H2,1-3H3. The summed E-state index contributed by atoms with van der Waals surface area (Å²) in [4.78, 5) is 25.4. The molecular formula is C13H18N2O3. The van der Waals surface area contributed by atoms with Crippen molar-refractivity contribution in [1.82, 2.24) is 4.90 Å². The van der Waals surface area contributed by atoms with Crippen LogP contribution in [0.1, 0.15) is 33.6 Å². The molecule has 2 fully saturated rings. The number of likely N-dealkylation sites (tertiary alicyclic amines) is 1. The van der Waals surface area contributed by atoms with Gasteiger partial charge in [0.15, 0.2) is 5.78 Å². The normalized spacial score (nSPS) is 29.4. The van der Waals surface area contributed by atoms with Crippen LogP contribution >= 0.6 is 0 Å². The highest BCUT2D eigenvalue weighted by molar-refractivity contribution is 5.90. The highest BCUT2D eigenvalue weighted by Crippen LogP contribution is 2.50. The van der Waals surface area contributed by atoms with Crippen LogP contribution in [0.3, 0.4) is 0 Å². The number of piperidine rings is 1. The van der Waals surface area contributed by atoms with Crippen molar-refractivity contribution >= 4 is 11.9 Å². The van der Waals surface area contributed by atoms with E-state index in [0.29, 0.717) is 12.5 Å². The first-order chi connectivity index (χ1) is 8.33. The molecule has 0 N–H and O–H groups in total. The number of carbonyl (C=O) groups excluding carboxylic acids is 2. The molecule has 3 unspecified atom stereocenters. The number of hydrogen-bond donors (Lipinski definition) is 0. The second kappa shape index (κ2) is 4.27. The SMILES string of the molecule is CC(C)(C)OC(=O)N1CC2CC2C1C(=O)CC#N. The zero-order chi connectivity index (χ0) is 13.5. The maximum absolute atomic E-state index is 12.0. The molecule has 0 radical (unpaired) electrons. The van der Waals surface area contributed by atoms with E-state index in [9.17, 15) is 9.59 Å². The molecule has 1 aliphatic heterocycles. The van der Waals surface area contributed by atoms with E-state index in [1.54, 1.807) is 20.8 Å². The van der Waals surface area contributed by atoms with Gasteiger partial charge in [-0.25, -0.2) is 4.79 Å². The molecule has 5 nitrogen and oxygen atoms in total. The Labute approximate surface area is 107 Å². The first kappa shape index (κ1) is 12.9. The third-order valence-electron chi connectivity index (χ3n) is 3.36. The Kier molecular flexibility index (Phi) is 3.05. The number of Topliss-reactive ketones (excluding diaryl/α,β-unsaturated/α-hetero) is 1. The number of ether oxygens (including phenoxy) is 1. The summed E-state index contributed by atoms with van der Waals surface area (Å²) in [5.74, 6) is 0.511. The van der Waals surface area contributed by atoms with Crippen LogP contribution in [0.25, 0.3) is 0 Å². The molecule has 0 aromatic carbocycles. The second-order valence-corrected chi connectivity index (χ2v) is 6.04. The van der Waals surface area contributed by atoms with Gasteiger partial charge in [-0.1, -0.05) is 0 Å². The lowest BCUT2D eigenvalue weighted by atomic mass is 10.1. The fraction of sp³-hybridized carbons (Fsp3) is 0.769. The van der Waals surface area contributed by atoms with Crippen LogP contribution in [0.15, 0.2) is 0 Å². The zero-order valence-electron chi connectivity index (χ0n) is 11.0. The molecular weight excluding hydrogens is 232 g/mol. The topological polar surface area (TPSA) is 70.4 Å². The molecule has 98 valence electrons. The fourth-order valence-electron chi connectivity index (χ4n) is 2.57. The molecule has 1 aliphatic carbocycles. The van der Waals surface area contributed by atoms with Gasteiger partial charge in [0.2, 0.25) is 0 Å². The predicted octanol–water partition coefficient (Wildman–Crippen LogP) is 1.72. The van der Waals surface area contributed by atoms with Crippen molar-refractivity contribution < 1.29 is 14.3 Å². The van der Waals surface area contributed by atoms with E-state index < -0.39 is 17.7 Å². The van der Waals surface area contributed by atoms with E-state index >= 15 is 0 Å². The average Bonchev–Trinajstić information content (AvgIpc) is 2.87. The van der Waals surface area contributed by atoms with Crippen molar-refractivity contribution in [2.24, 2.45) is 11.8 Å². The molecule has 1 heterocycles. The maximum Gasteiger partial charge on any atom is 0.410 e. The molecule has 2 rings (SSSR count). The lowest BCUT2D eigenvalue weighted by Gasteiger charge is -2.29. The zero-order valence-corrected chi connectivity index (χ0v) is 11.0. The van der Waals surface area contributed by atoms with E-state index in [0.717, 1.165) is 6.42 Å². The van der Waals surface area contributed by atoms with Gasteiger partial charge in [0, 0.05) is 6.54 Å². The summed E-state index contributed by atoms with van der Waals surface area (Å²) in [6.45, 7) is 5.98. The first-order valence-corrected chi connectivity index (χ1v) is 6.23. The molecule has 3 atom stereocenters. The Bertz CT molecular complexity index is 419. The molecule has 0 aromatic rings. The van der Waals surface area contributed by atoms with E-state index in [1.807, 2.05) is 6.07 Å². The highest BCUT2D eigenvalue weighted by atomic mass is 16.6. The van der Waals surface area contributed by atoms with Gasteiger partial charge in [-0.2, -0.15) is 5.26 Å². The number of fused-ring (bicyclic) bond motifs is 1. The highest BCUT2D eigenvalue weighted by Gasteiger charge is 2.57. The van der Waals surface area contributed by atoms with Gasteiger partial charge in [-0.3, -0.25) is 9.69 Å². The number of amides is 1. The largest absolute Gasteiger partial charge is 0.444 e. The van der Waals surface area contributed by atoms with Crippen molar-refractivity contribution in [3.63, 3.8) is 0 Å². The van der Waals surface area contributed by atoms with Gasteiger partial charge >= 0.3 is 6.09 Å². The molecule has 0 bridgehead atoms. The smallest absolute Gasteiger partial charge is 0.410 e. The Hall–Kier alpha value is -1.57. The molecule has 2 aliphatic rings. The first-order valence-electron chi connectivity index (χ1n) is 6.23. The van der Waals surface area contributed by atoms with Gasteiger partial charge < -0.3 is 4.74 Å². The lowest BCUT2D eigenvalue weighted by molar-refractivity contribution is -0.123. The van der Waals surface area contributed by atoms with Gasteiger partial charge in [-0.05, 0) is 39.0 Å². The van der Waals surface area contributed by atoms with Crippen molar-refractivity contribution in [3.8, 4) is 6.07 Å². The Balaban J connectivity index is 2.06. The van der Waals surface area contributed by atoms with Crippen LogP contribution in [-0.4, -0.2) is 35.0 Å². The number of rotatable bonds is 2. The van der Waals surface area contributed by atoms with Gasteiger partial charge in [-0.15, -0.1) is 0 Å². The van der Waals surface area contributed by atoms with Gasteiger partial charge in [0.05, 0.1) is 18.5 Å². The van der Waals surface area contributed by atoms with E-state index in [-0.39, 0.29) is 18.1 Å². The fourth-order valence-corrected chi connectivity index (χ4v) is 2.57. The van der Waals surface area contributed by atoms with E-state index in [4.69, 9.17) is 10.00 Å². The summed E-state index contributed by atoms with van der Waals surface area (Å²) in [5.41, 5.74) is -0.563. The molecule has 0 spiro atoms. The van der Waals surface area contributed by atoms with Gasteiger partial charge in [0.25, 0.3) is 0 Å². The Morgan fingerprint density at radius 3 is 2.67 bits per heavy atom. The third-order valence-corrected chi connectivity index (χ3v) is 3.36. The molecule has 1 saturated carbocycles. The molecule has 0 aromatic heterocycles. The van der Waals surface area contributed by atoms with Crippen molar-refractivity contribution in [3.05, 3.63) is 0 Å². The predicted molar refractivity (Wildman–Crippen MR) is 63.6 cm³/mol. The summed E-state index contributed by atoms with van der Waals surface area (Å²) < 4.78 is 5.30. The number of nitriles is 1. The van der Waals surface area contributed by atoms with Crippen LogP contribution in [0.4, 0.5) is 4.79 Å². The Morgan fingerprint density at radius 1 is 1.44 bits per heavy atom. The van der Waals surface area contributed by atoms with Crippen LogP contribution < -0.4 is 0 Å². The minimum Gasteiger partial charge on any atom is -0.444 e. The van der Waals surface area contributed by atoms with E-state index in [2.05, 4.69) is 0 Å². The number of ketones is 1. The monoisotopic (exact) mass is 250 g/mol. The second-order valence-electron chi connectivity index (χ2n) is 6.04. The summed E-state index contributed by atoms with van der Waals surface area (Å²) in [6, 6.07) is 1.42. The van der Waals surface area contributed by atoms with Gasteiger partial charge in [0.1, 0.15) is 5.60 Å². The van der Waals surface area contributed by atoms with Crippen LogP contribution in [-0.2, 0) is 9.53 Å². The summed E-state index contributed by atoms with van der Waals surface area (Å²) in [5, 5.41) is 8.60.